The monoisotopic (exact) mass is 330 g/mol. The quantitative estimate of drug-likeness (QED) is 0.547. The molecule has 0 radical (unpaired) electrons. The SMILES string of the molecule is CC(C)c1cc(C(C)C)c(-c2ccccc2)c(O)c1-c1ccccc1. The van der Waals surface area contributed by atoms with Crippen molar-refractivity contribution in [3.8, 4) is 28.0 Å². The molecule has 0 aliphatic heterocycles. The Kier molecular flexibility index (Phi) is 4.94. The van der Waals surface area contributed by atoms with Crippen molar-refractivity contribution in [2.75, 3.05) is 0 Å². The van der Waals surface area contributed by atoms with E-state index in [1.54, 1.807) is 0 Å². The lowest BCUT2D eigenvalue weighted by Crippen LogP contribution is -2.01. The van der Waals surface area contributed by atoms with Crippen LogP contribution in [0.15, 0.2) is 66.7 Å². The Hall–Kier alpha value is -2.54. The van der Waals surface area contributed by atoms with E-state index in [-0.39, 0.29) is 0 Å². The number of rotatable bonds is 4. The van der Waals surface area contributed by atoms with Crippen LogP contribution in [0.3, 0.4) is 0 Å². The Morgan fingerprint density at radius 1 is 0.600 bits per heavy atom. The molecular formula is C24H26O. The van der Waals surface area contributed by atoms with Gasteiger partial charge in [-0.2, -0.15) is 0 Å². The number of hydrogen-bond acceptors (Lipinski definition) is 1. The van der Waals surface area contributed by atoms with Gasteiger partial charge in [-0.25, -0.2) is 0 Å². The number of aromatic hydroxyl groups is 1. The summed E-state index contributed by atoms with van der Waals surface area (Å²) in [6, 6.07) is 22.7. The zero-order chi connectivity index (χ0) is 18.0. The van der Waals surface area contributed by atoms with Gasteiger partial charge in [-0.1, -0.05) is 94.4 Å². The fourth-order valence-corrected chi connectivity index (χ4v) is 3.44. The summed E-state index contributed by atoms with van der Waals surface area (Å²) in [6.45, 7) is 8.75. The maximum Gasteiger partial charge on any atom is 0.131 e. The third-order valence-corrected chi connectivity index (χ3v) is 4.73. The van der Waals surface area contributed by atoms with Crippen molar-refractivity contribution in [2.45, 2.75) is 39.5 Å². The van der Waals surface area contributed by atoms with Crippen molar-refractivity contribution in [1.29, 1.82) is 0 Å². The van der Waals surface area contributed by atoms with E-state index < -0.39 is 0 Å². The summed E-state index contributed by atoms with van der Waals surface area (Å²) in [4.78, 5) is 0. The fraction of sp³-hybridized carbons (Fsp3) is 0.250. The highest BCUT2D eigenvalue weighted by Crippen LogP contribution is 2.46. The van der Waals surface area contributed by atoms with Gasteiger partial charge in [-0.05, 0) is 34.1 Å². The van der Waals surface area contributed by atoms with Crippen LogP contribution >= 0.6 is 0 Å². The van der Waals surface area contributed by atoms with Crippen LogP contribution in [0, 0.1) is 0 Å². The van der Waals surface area contributed by atoms with E-state index >= 15 is 0 Å². The molecule has 0 fully saturated rings. The van der Waals surface area contributed by atoms with E-state index in [9.17, 15) is 5.11 Å². The number of phenolic OH excluding ortho intramolecular Hbond substituents is 1. The highest BCUT2D eigenvalue weighted by Gasteiger charge is 2.22. The van der Waals surface area contributed by atoms with Gasteiger partial charge in [0.1, 0.15) is 5.75 Å². The summed E-state index contributed by atoms with van der Waals surface area (Å²) in [7, 11) is 0. The smallest absolute Gasteiger partial charge is 0.131 e. The average molecular weight is 330 g/mol. The minimum Gasteiger partial charge on any atom is -0.507 e. The molecule has 1 heteroatoms. The summed E-state index contributed by atoms with van der Waals surface area (Å²) in [5.74, 6) is 1.07. The Bertz CT molecular complexity index is 777. The lowest BCUT2D eigenvalue weighted by Gasteiger charge is -2.23. The predicted molar refractivity (Wildman–Crippen MR) is 107 cm³/mol. The van der Waals surface area contributed by atoms with Crippen LogP contribution in [0.25, 0.3) is 22.3 Å². The Morgan fingerprint density at radius 3 is 1.28 bits per heavy atom. The summed E-state index contributed by atoms with van der Waals surface area (Å²) in [5, 5.41) is 11.4. The Labute approximate surface area is 151 Å². The van der Waals surface area contributed by atoms with Gasteiger partial charge in [0, 0.05) is 11.1 Å². The van der Waals surface area contributed by atoms with E-state index in [2.05, 4.69) is 58.0 Å². The zero-order valence-corrected chi connectivity index (χ0v) is 15.5. The van der Waals surface area contributed by atoms with Crippen LogP contribution in [0.2, 0.25) is 0 Å². The van der Waals surface area contributed by atoms with Gasteiger partial charge in [0.15, 0.2) is 0 Å². The van der Waals surface area contributed by atoms with Crippen LogP contribution < -0.4 is 0 Å². The second-order valence-electron chi connectivity index (χ2n) is 7.20. The van der Waals surface area contributed by atoms with Gasteiger partial charge in [-0.3, -0.25) is 0 Å². The normalized spacial score (nSPS) is 11.3. The molecule has 0 amide bonds. The largest absolute Gasteiger partial charge is 0.507 e. The molecule has 1 N–H and O–H groups in total. The molecule has 3 aromatic rings. The average Bonchev–Trinajstić information content (AvgIpc) is 2.62. The topological polar surface area (TPSA) is 20.2 Å². The molecule has 0 atom stereocenters. The van der Waals surface area contributed by atoms with Gasteiger partial charge in [0.2, 0.25) is 0 Å². The maximum atomic E-state index is 11.4. The van der Waals surface area contributed by atoms with Crippen molar-refractivity contribution in [1.82, 2.24) is 0 Å². The third-order valence-electron chi connectivity index (χ3n) is 4.73. The van der Waals surface area contributed by atoms with Crippen molar-refractivity contribution in [3.05, 3.63) is 77.9 Å². The summed E-state index contributed by atoms with van der Waals surface area (Å²) in [6.07, 6.45) is 0. The molecule has 1 nitrogen and oxygen atoms in total. The van der Waals surface area contributed by atoms with Crippen LogP contribution in [-0.2, 0) is 0 Å². The first kappa shape index (κ1) is 17.3. The molecule has 128 valence electrons. The molecule has 0 aromatic heterocycles. The van der Waals surface area contributed by atoms with Gasteiger partial charge < -0.3 is 5.11 Å². The van der Waals surface area contributed by atoms with Gasteiger partial charge in [-0.15, -0.1) is 0 Å². The van der Waals surface area contributed by atoms with Crippen LogP contribution in [0.1, 0.15) is 50.7 Å². The first-order valence-electron chi connectivity index (χ1n) is 9.01. The van der Waals surface area contributed by atoms with Crippen molar-refractivity contribution in [2.24, 2.45) is 0 Å². The molecule has 0 saturated carbocycles. The summed E-state index contributed by atoms with van der Waals surface area (Å²) in [5.41, 5.74) is 6.45. The highest BCUT2D eigenvalue weighted by atomic mass is 16.3. The van der Waals surface area contributed by atoms with E-state index in [0.29, 0.717) is 17.6 Å². The van der Waals surface area contributed by atoms with E-state index in [1.807, 2.05) is 36.4 Å². The van der Waals surface area contributed by atoms with Crippen LogP contribution in [0.4, 0.5) is 0 Å². The first-order chi connectivity index (χ1) is 12.0. The molecule has 0 bridgehead atoms. The van der Waals surface area contributed by atoms with Gasteiger partial charge in [0.25, 0.3) is 0 Å². The molecule has 0 spiro atoms. The number of phenols is 1. The predicted octanol–water partition coefficient (Wildman–Crippen LogP) is 6.97. The van der Waals surface area contributed by atoms with Crippen molar-refractivity contribution < 1.29 is 5.11 Å². The van der Waals surface area contributed by atoms with E-state index in [4.69, 9.17) is 0 Å². The molecule has 3 rings (SSSR count). The Balaban J connectivity index is 2.39. The lowest BCUT2D eigenvalue weighted by molar-refractivity contribution is 0.477. The van der Waals surface area contributed by atoms with Crippen molar-refractivity contribution >= 4 is 0 Å². The second kappa shape index (κ2) is 7.14. The van der Waals surface area contributed by atoms with Gasteiger partial charge >= 0.3 is 0 Å². The molecule has 0 heterocycles. The maximum absolute atomic E-state index is 11.4. The standard InChI is InChI=1S/C24H26O/c1-16(2)20-15-21(17(3)4)23(19-13-9-6-10-14-19)24(25)22(20)18-11-7-5-8-12-18/h5-17,25H,1-4H3. The number of benzene rings is 3. The molecule has 0 saturated heterocycles. The van der Waals surface area contributed by atoms with Crippen LogP contribution in [-0.4, -0.2) is 5.11 Å². The summed E-state index contributed by atoms with van der Waals surface area (Å²) < 4.78 is 0. The van der Waals surface area contributed by atoms with Crippen LogP contribution in [0.5, 0.6) is 5.75 Å². The molecule has 0 aliphatic rings. The molecule has 25 heavy (non-hydrogen) atoms. The molecule has 0 aliphatic carbocycles. The first-order valence-corrected chi connectivity index (χ1v) is 9.01. The lowest BCUT2D eigenvalue weighted by atomic mass is 9.82. The minimum atomic E-state index is 0.337. The minimum absolute atomic E-state index is 0.337. The molecule has 3 aromatic carbocycles. The highest BCUT2D eigenvalue weighted by molar-refractivity contribution is 5.87. The Morgan fingerprint density at radius 2 is 0.960 bits per heavy atom. The summed E-state index contributed by atoms with van der Waals surface area (Å²) >= 11 is 0. The zero-order valence-electron chi connectivity index (χ0n) is 15.5. The van der Waals surface area contributed by atoms with E-state index in [1.165, 1.54) is 11.1 Å². The molecule has 0 unspecified atom stereocenters. The number of hydrogen-bond donors (Lipinski definition) is 1. The third kappa shape index (κ3) is 3.32. The fourth-order valence-electron chi connectivity index (χ4n) is 3.44. The van der Waals surface area contributed by atoms with Gasteiger partial charge in [0.05, 0.1) is 0 Å². The van der Waals surface area contributed by atoms with Crippen molar-refractivity contribution in [3.63, 3.8) is 0 Å². The van der Waals surface area contributed by atoms with E-state index in [0.717, 1.165) is 22.3 Å². The second-order valence-corrected chi connectivity index (χ2v) is 7.20. The molecular weight excluding hydrogens is 304 g/mol.